The van der Waals surface area contributed by atoms with E-state index < -0.39 is 5.79 Å². The molecule has 144 valence electrons. The van der Waals surface area contributed by atoms with Gasteiger partial charge in [0.05, 0.1) is 19.3 Å². The predicted molar refractivity (Wildman–Crippen MR) is 97.9 cm³/mol. The van der Waals surface area contributed by atoms with E-state index >= 15 is 0 Å². The fraction of sp³-hybridized carbons (Fsp3) is 1.00. The molecule has 4 aliphatic rings. The number of aliphatic hydroxyl groups is 1. The monoisotopic (exact) mass is 351 g/mol. The number of aliphatic hydroxyl groups excluding tert-OH is 1. The smallest absolute Gasteiger partial charge is 0.174 e. The highest BCUT2D eigenvalue weighted by molar-refractivity contribution is 5.11. The molecule has 2 unspecified atom stereocenters. The average Bonchev–Trinajstić information content (AvgIpc) is 3.18. The van der Waals surface area contributed by atoms with Crippen molar-refractivity contribution in [3.8, 4) is 0 Å². The van der Waals surface area contributed by atoms with Gasteiger partial charge in [0.2, 0.25) is 0 Å². The molecule has 1 heterocycles. The summed E-state index contributed by atoms with van der Waals surface area (Å²) in [6, 6.07) is 0. The maximum Gasteiger partial charge on any atom is 0.174 e. The Kier molecular flexibility index (Phi) is 4.51. The number of rotatable bonds is 2. The molecule has 0 radical (unpaired) electrons. The summed E-state index contributed by atoms with van der Waals surface area (Å²) in [6.45, 7) is 9.23. The van der Waals surface area contributed by atoms with Crippen LogP contribution in [0.25, 0.3) is 0 Å². The molecule has 3 N–H and O–H groups in total. The van der Waals surface area contributed by atoms with E-state index in [-0.39, 0.29) is 16.9 Å². The maximum atomic E-state index is 11.5. The van der Waals surface area contributed by atoms with Crippen LogP contribution in [0.1, 0.15) is 65.7 Å². The van der Waals surface area contributed by atoms with Gasteiger partial charge in [-0.25, -0.2) is 0 Å². The Morgan fingerprint density at radius 3 is 2.36 bits per heavy atom. The minimum atomic E-state index is -0.432. The second-order valence-corrected chi connectivity index (χ2v) is 9.97. The molecular formula is C21H37NO3. The van der Waals surface area contributed by atoms with Crippen molar-refractivity contribution in [2.45, 2.75) is 77.6 Å². The van der Waals surface area contributed by atoms with Crippen LogP contribution < -0.4 is 5.73 Å². The van der Waals surface area contributed by atoms with Crippen molar-refractivity contribution in [1.29, 1.82) is 0 Å². The highest BCUT2D eigenvalue weighted by Gasteiger charge is 2.66. The van der Waals surface area contributed by atoms with Crippen LogP contribution in [0.4, 0.5) is 0 Å². The van der Waals surface area contributed by atoms with Gasteiger partial charge in [0.15, 0.2) is 5.79 Å². The second-order valence-electron chi connectivity index (χ2n) is 9.97. The lowest BCUT2D eigenvalue weighted by atomic mass is 9.51. The summed E-state index contributed by atoms with van der Waals surface area (Å²) in [5.74, 6) is 1.53. The second kappa shape index (κ2) is 6.19. The summed E-state index contributed by atoms with van der Waals surface area (Å²) in [7, 11) is 0. The van der Waals surface area contributed by atoms with E-state index in [4.69, 9.17) is 15.2 Å². The third-order valence-electron chi connectivity index (χ3n) is 8.95. The molecule has 0 bridgehead atoms. The van der Waals surface area contributed by atoms with Gasteiger partial charge in [-0.05, 0) is 67.7 Å². The molecule has 0 aromatic heterocycles. The molecule has 4 fully saturated rings. The molecule has 0 amide bonds. The van der Waals surface area contributed by atoms with Crippen LogP contribution in [-0.4, -0.2) is 36.8 Å². The van der Waals surface area contributed by atoms with Crippen LogP contribution in [0.15, 0.2) is 0 Å². The van der Waals surface area contributed by atoms with Gasteiger partial charge in [-0.3, -0.25) is 0 Å². The van der Waals surface area contributed by atoms with Crippen molar-refractivity contribution >= 4 is 0 Å². The lowest BCUT2D eigenvalue weighted by molar-refractivity contribution is -0.249. The molecule has 1 aliphatic heterocycles. The van der Waals surface area contributed by atoms with Crippen molar-refractivity contribution in [2.24, 2.45) is 40.2 Å². The van der Waals surface area contributed by atoms with E-state index in [1.807, 2.05) is 0 Å². The first kappa shape index (κ1) is 18.2. The Morgan fingerprint density at radius 1 is 1.00 bits per heavy atom. The third-order valence-corrected chi connectivity index (χ3v) is 8.95. The van der Waals surface area contributed by atoms with Gasteiger partial charge in [0.1, 0.15) is 0 Å². The summed E-state index contributed by atoms with van der Waals surface area (Å²) in [5.41, 5.74) is 6.33. The Bertz CT molecular complexity index is 505. The van der Waals surface area contributed by atoms with E-state index in [1.54, 1.807) is 0 Å². The van der Waals surface area contributed by atoms with Crippen molar-refractivity contribution in [3.63, 3.8) is 0 Å². The molecule has 7 atom stereocenters. The molecule has 4 heteroatoms. The minimum absolute atomic E-state index is 0.0457. The van der Waals surface area contributed by atoms with Crippen LogP contribution in [0, 0.1) is 34.5 Å². The molecule has 1 saturated heterocycles. The lowest BCUT2D eigenvalue weighted by Crippen LogP contribution is -2.57. The number of hydrogen-bond acceptors (Lipinski definition) is 4. The third kappa shape index (κ3) is 2.47. The first-order valence-corrected chi connectivity index (χ1v) is 10.5. The molecule has 3 aliphatic carbocycles. The Balaban J connectivity index is 1.59. The number of fused-ring (bicyclic) bond motifs is 2. The number of ether oxygens (including phenoxy) is 2. The summed E-state index contributed by atoms with van der Waals surface area (Å²) in [6.07, 6.45) is 7.58. The Hall–Kier alpha value is -0.160. The van der Waals surface area contributed by atoms with Crippen molar-refractivity contribution < 1.29 is 14.6 Å². The minimum Gasteiger partial charge on any atom is -0.393 e. The topological polar surface area (TPSA) is 64.7 Å². The Labute approximate surface area is 152 Å². The van der Waals surface area contributed by atoms with E-state index in [0.717, 1.165) is 38.1 Å². The fourth-order valence-electron chi connectivity index (χ4n) is 7.20. The van der Waals surface area contributed by atoms with Crippen molar-refractivity contribution in [1.82, 2.24) is 0 Å². The molecule has 25 heavy (non-hydrogen) atoms. The highest BCUT2D eigenvalue weighted by atomic mass is 16.7. The maximum absolute atomic E-state index is 11.5. The average molecular weight is 352 g/mol. The van der Waals surface area contributed by atoms with Gasteiger partial charge >= 0.3 is 0 Å². The van der Waals surface area contributed by atoms with Crippen LogP contribution in [0.3, 0.4) is 0 Å². The van der Waals surface area contributed by atoms with E-state index in [0.29, 0.717) is 31.0 Å². The first-order valence-electron chi connectivity index (χ1n) is 10.5. The van der Waals surface area contributed by atoms with Crippen LogP contribution >= 0.6 is 0 Å². The van der Waals surface area contributed by atoms with Gasteiger partial charge in [0.25, 0.3) is 0 Å². The van der Waals surface area contributed by atoms with Crippen LogP contribution in [0.5, 0.6) is 0 Å². The van der Waals surface area contributed by atoms with Gasteiger partial charge < -0.3 is 20.3 Å². The van der Waals surface area contributed by atoms with Crippen LogP contribution in [-0.2, 0) is 9.47 Å². The van der Waals surface area contributed by atoms with Gasteiger partial charge in [0, 0.05) is 11.8 Å². The summed E-state index contributed by atoms with van der Waals surface area (Å²) >= 11 is 0. The summed E-state index contributed by atoms with van der Waals surface area (Å²) in [4.78, 5) is 0. The molecule has 1 spiro atoms. The zero-order valence-electron chi connectivity index (χ0n) is 16.3. The lowest BCUT2D eigenvalue weighted by Gasteiger charge is -2.56. The van der Waals surface area contributed by atoms with E-state index in [2.05, 4.69) is 20.8 Å². The zero-order valence-corrected chi connectivity index (χ0v) is 16.3. The molecule has 0 aromatic rings. The standard InChI is InChI=1S/C21H37NO3/c1-14-4-7-19(2,15(12-14)13-22)16-5-8-20(3)17(18(16)23)6-9-21(20)24-10-11-25-21/h14-18,23H,4-13,22H2,1-3H3/t14-,15+,16?,17?,18+,19-,20-/m0/s1. The zero-order chi connectivity index (χ0) is 17.9. The van der Waals surface area contributed by atoms with Crippen LogP contribution in [0.2, 0.25) is 0 Å². The van der Waals surface area contributed by atoms with Gasteiger partial charge in [-0.1, -0.05) is 27.2 Å². The molecule has 3 saturated carbocycles. The number of hydrogen-bond donors (Lipinski definition) is 2. The van der Waals surface area contributed by atoms with Gasteiger partial charge in [-0.2, -0.15) is 0 Å². The molecule has 0 aromatic carbocycles. The molecule has 4 rings (SSSR count). The molecule has 4 nitrogen and oxygen atoms in total. The number of nitrogens with two attached hydrogens (primary N) is 1. The van der Waals surface area contributed by atoms with Crippen molar-refractivity contribution in [2.75, 3.05) is 19.8 Å². The summed E-state index contributed by atoms with van der Waals surface area (Å²) < 4.78 is 12.3. The predicted octanol–water partition coefficient (Wildman–Crippen LogP) is 3.32. The highest BCUT2D eigenvalue weighted by Crippen LogP contribution is 2.64. The normalized spacial score (nSPS) is 52.4. The van der Waals surface area contributed by atoms with E-state index in [1.165, 1.54) is 19.3 Å². The fourth-order valence-corrected chi connectivity index (χ4v) is 7.20. The van der Waals surface area contributed by atoms with Gasteiger partial charge in [-0.15, -0.1) is 0 Å². The molecular weight excluding hydrogens is 314 g/mol. The largest absolute Gasteiger partial charge is 0.393 e. The SMILES string of the molecule is C[C@H]1CC[C@](C)(C2CC[C@@]3(C)C(CCC34OCCO4)[C@@H]2O)[C@@H](CN)C1. The summed E-state index contributed by atoms with van der Waals surface area (Å²) in [5, 5.41) is 11.5. The Morgan fingerprint density at radius 2 is 1.68 bits per heavy atom. The quantitative estimate of drug-likeness (QED) is 0.801. The first-order chi connectivity index (χ1) is 11.9. The van der Waals surface area contributed by atoms with Crippen molar-refractivity contribution in [3.05, 3.63) is 0 Å². The van der Waals surface area contributed by atoms with E-state index in [9.17, 15) is 5.11 Å².